The van der Waals surface area contributed by atoms with Crippen molar-refractivity contribution in [2.24, 2.45) is 5.73 Å². The Morgan fingerprint density at radius 3 is 2.44 bits per heavy atom. The quantitative estimate of drug-likeness (QED) is 0.398. The summed E-state index contributed by atoms with van der Waals surface area (Å²) >= 11 is 0. The summed E-state index contributed by atoms with van der Waals surface area (Å²) in [5, 5.41) is 0. The largest absolute Gasteiger partial charge is 0.433 e. The number of hydrogen-bond donors (Lipinski definition) is 2. The minimum atomic E-state index is -1.04. The summed E-state index contributed by atoms with van der Waals surface area (Å²) < 4.78 is 11.2. The van der Waals surface area contributed by atoms with Gasteiger partial charge in [0.15, 0.2) is 5.82 Å². The third-order valence-electron chi connectivity index (χ3n) is 6.19. The summed E-state index contributed by atoms with van der Waals surface area (Å²) in [5.74, 6) is -1.71. The van der Waals surface area contributed by atoms with Crippen molar-refractivity contribution in [3.8, 4) is 0 Å². The van der Waals surface area contributed by atoms with E-state index in [4.69, 9.17) is 15.2 Å². The van der Waals surface area contributed by atoms with Gasteiger partial charge >= 0.3 is 5.97 Å². The molecular formula is C27H30N4O5. The summed E-state index contributed by atoms with van der Waals surface area (Å²) in [4.78, 5) is 46.4. The predicted octanol–water partition coefficient (Wildman–Crippen LogP) is 2.76. The smallest absolute Gasteiger partial charge is 0.310 e. The highest BCUT2D eigenvalue weighted by Gasteiger charge is 2.45. The Hall–Kier alpha value is -3.98. The number of aromatic nitrogens is 2. The number of nitrogens with two attached hydrogens (primary N) is 1. The number of nitrogens with one attached hydrogen (secondary N) is 1. The summed E-state index contributed by atoms with van der Waals surface area (Å²) in [6.07, 6.45) is 2.97. The highest BCUT2D eigenvalue weighted by atomic mass is 16.7. The molecule has 2 aromatic carbocycles. The van der Waals surface area contributed by atoms with Gasteiger partial charge in [0.1, 0.15) is 12.1 Å². The lowest BCUT2D eigenvalue weighted by Gasteiger charge is -2.33. The van der Waals surface area contributed by atoms with Crippen molar-refractivity contribution in [1.29, 1.82) is 0 Å². The SMILES string of the molecule is C[C@@H](C(N)=O)N(C(=O)c1nc(CCCc2ccccc2)c[nH]1)C1CC(=O)OC1OCc1ccccc1. The van der Waals surface area contributed by atoms with E-state index in [2.05, 4.69) is 22.1 Å². The molecule has 2 heterocycles. The molecule has 0 radical (unpaired) electrons. The molecule has 2 unspecified atom stereocenters. The van der Waals surface area contributed by atoms with E-state index in [0.717, 1.165) is 24.1 Å². The molecule has 1 aliphatic heterocycles. The average Bonchev–Trinajstić information content (AvgIpc) is 3.50. The second-order valence-corrected chi connectivity index (χ2v) is 8.80. The van der Waals surface area contributed by atoms with Gasteiger partial charge in [-0.2, -0.15) is 0 Å². The topological polar surface area (TPSA) is 128 Å². The van der Waals surface area contributed by atoms with Crippen LogP contribution >= 0.6 is 0 Å². The molecule has 9 heteroatoms. The molecule has 2 amide bonds. The molecule has 4 rings (SSSR count). The van der Waals surface area contributed by atoms with Crippen molar-refractivity contribution in [1.82, 2.24) is 14.9 Å². The monoisotopic (exact) mass is 490 g/mol. The van der Waals surface area contributed by atoms with Gasteiger partial charge < -0.3 is 25.1 Å². The van der Waals surface area contributed by atoms with E-state index >= 15 is 0 Å². The molecular weight excluding hydrogens is 460 g/mol. The molecule has 0 aliphatic carbocycles. The van der Waals surface area contributed by atoms with Crippen LogP contribution in [0.25, 0.3) is 0 Å². The molecule has 36 heavy (non-hydrogen) atoms. The molecule has 3 N–H and O–H groups in total. The Balaban J connectivity index is 1.46. The zero-order valence-corrected chi connectivity index (χ0v) is 20.1. The van der Waals surface area contributed by atoms with Gasteiger partial charge in [0.2, 0.25) is 12.2 Å². The van der Waals surface area contributed by atoms with E-state index in [1.807, 2.05) is 48.5 Å². The molecule has 1 aromatic heterocycles. The zero-order valence-electron chi connectivity index (χ0n) is 20.1. The van der Waals surface area contributed by atoms with E-state index in [9.17, 15) is 14.4 Å². The van der Waals surface area contributed by atoms with Crippen LogP contribution in [0.2, 0.25) is 0 Å². The van der Waals surface area contributed by atoms with Crippen molar-refractivity contribution >= 4 is 17.8 Å². The van der Waals surface area contributed by atoms with Crippen LogP contribution in [0.4, 0.5) is 0 Å². The first-order valence-electron chi connectivity index (χ1n) is 12.0. The van der Waals surface area contributed by atoms with Crippen molar-refractivity contribution in [3.63, 3.8) is 0 Å². The number of nitrogens with zero attached hydrogens (tertiary/aromatic N) is 2. The van der Waals surface area contributed by atoms with Crippen molar-refractivity contribution < 1.29 is 23.9 Å². The van der Waals surface area contributed by atoms with Gasteiger partial charge in [-0.15, -0.1) is 0 Å². The van der Waals surface area contributed by atoms with Crippen LogP contribution in [0.15, 0.2) is 66.9 Å². The van der Waals surface area contributed by atoms with Gasteiger partial charge in [-0.05, 0) is 37.3 Å². The second kappa shape index (κ2) is 11.6. The van der Waals surface area contributed by atoms with Gasteiger partial charge in [0, 0.05) is 6.20 Å². The van der Waals surface area contributed by atoms with E-state index < -0.39 is 36.2 Å². The fraction of sp³-hybridized carbons (Fsp3) is 0.333. The third-order valence-corrected chi connectivity index (χ3v) is 6.19. The molecule has 188 valence electrons. The van der Waals surface area contributed by atoms with Crippen molar-refractivity contribution in [3.05, 3.63) is 89.5 Å². The summed E-state index contributed by atoms with van der Waals surface area (Å²) in [6, 6.07) is 17.7. The molecule has 0 spiro atoms. The first-order valence-corrected chi connectivity index (χ1v) is 12.0. The van der Waals surface area contributed by atoms with Crippen molar-refractivity contribution in [2.45, 2.75) is 57.6 Å². The maximum atomic E-state index is 13.5. The molecule has 3 aromatic rings. The van der Waals surface area contributed by atoms with Gasteiger partial charge in [0.05, 0.1) is 18.7 Å². The number of esters is 1. The maximum Gasteiger partial charge on any atom is 0.310 e. The molecule has 1 saturated heterocycles. The highest BCUT2D eigenvalue weighted by Crippen LogP contribution is 2.26. The van der Waals surface area contributed by atoms with Crippen LogP contribution < -0.4 is 5.73 Å². The van der Waals surface area contributed by atoms with Crippen LogP contribution in [0.5, 0.6) is 0 Å². The lowest BCUT2D eigenvalue weighted by atomic mass is 10.1. The minimum absolute atomic E-state index is 0.0685. The second-order valence-electron chi connectivity index (χ2n) is 8.80. The number of ether oxygens (including phenoxy) is 2. The first kappa shape index (κ1) is 25.1. The third kappa shape index (κ3) is 6.17. The molecule has 1 fully saturated rings. The maximum absolute atomic E-state index is 13.5. The molecule has 1 aliphatic rings. The van der Waals surface area contributed by atoms with Crippen LogP contribution in [-0.2, 0) is 38.5 Å². The van der Waals surface area contributed by atoms with E-state index in [-0.39, 0.29) is 18.9 Å². The predicted molar refractivity (Wildman–Crippen MR) is 131 cm³/mol. The molecule has 9 nitrogen and oxygen atoms in total. The molecule has 0 saturated carbocycles. The lowest BCUT2D eigenvalue weighted by Crippen LogP contribution is -2.54. The van der Waals surface area contributed by atoms with Crippen molar-refractivity contribution in [2.75, 3.05) is 0 Å². The van der Waals surface area contributed by atoms with Crippen LogP contribution in [0.1, 0.15) is 47.2 Å². The van der Waals surface area contributed by atoms with E-state index in [1.54, 1.807) is 6.20 Å². The van der Waals surface area contributed by atoms with E-state index in [1.165, 1.54) is 17.4 Å². The number of amides is 2. The molecule has 3 atom stereocenters. The highest BCUT2D eigenvalue weighted by molar-refractivity contribution is 5.95. The first-order chi connectivity index (χ1) is 17.4. The average molecular weight is 491 g/mol. The number of aromatic amines is 1. The Labute approximate surface area is 209 Å². The Morgan fingerprint density at radius 1 is 1.11 bits per heavy atom. The number of benzene rings is 2. The number of hydrogen-bond acceptors (Lipinski definition) is 6. The van der Waals surface area contributed by atoms with E-state index in [0.29, 0.717) is 6.42 Å². The van der Waals surface area contributed by atoms with Gasteiger partial charge in [-0.25, -0.2) is 4.98 Å². The number of carbonyl (C=O) groups excluding carboxylic acids is 3. The Kier molecular flexibility index (Phi) is 8.12. The van der Waals surface area contributed by atoms with Gasteiger partial charge in [-0.3, -0.25) is 14.4 Å². The Morgan fingerprint density at radius 2 is 1.78 bits per heavy atom. The minimum Gasteiger partial charge on any atom is -0.433 e. The van der Waals surface area contributed by atoms with Crippen LogP contribution in [0.3, 0.4) is 0 Å². The normalized spacial score (nSPS) is 18.0. The molecule has 0 bridgehead atoms. The van der Waals surface area contributed by atoms with Gasteiger partial charge in [0.25, 0.3) is 5.91 Å². The lowest BCUT2D eigenvalue weighted by molar-refractivity contribution is -0.171. The summed E-state index contributed by atoms with van der Waals surface area (Å²) in [5.41, 5.74) is 8.41. The zero-order chi connectivity index (χ0) is 25.5. The number of aryl methyl sites for hydroxylation is 2. The summed E-state index contributed by atoms with van der Waals surface area (Å²) in [7, 11) is 0. The standard InChI is InChI=1S/C27H30N4O5/c1-18(24(28)33)31(22-15-23(32)36-27(22)35-17-20-11-6-3-7-12-20)26(34)25-29-16-21(30-25)14-8-13-19-9-4-2-5-10-19/h2-7,9-12,16,18,22,27H,8,13-15,17H2,1H3,(H2,28,33)(H,29,30)/t18-,22?,27?/m0/s1. The summed E-state index contributed by atoms with van der Waals surface area (Å²) in [6.45, 7) is 1.69. The number of cyclic esters (lactones) is 1. The number of H-pyrrole nitrogens is 1. The van der Waals surface area contributed by atoms with Crippen LogP contribution in [0, 0.1) is 0 Å². The number of rotatable bonds is 11. The number of primary amides is 1. The fourth-order valence-corrected chi connectivity index (χ4v) is 4.24. The number of imidazole rings is 1. The fourth-order valence-electron chi connectivity index (χ4n) is 4.24. The number of carbonyl (C=O) groups is 3. The van der Waals surface area contributed by atoms with Gasteiger partial charge in [-0.1, -0.05) is 60.7 Å². The van der Waals surface area contributed by atoms with Crippen LogP contribution in [-0.4, -0.2) is 51.0 Å². The Bertz CT molecular complexity index is 1180.